The Hall–Kier alpha value is -1.95. The Bertz CT molecular complexity index is 475. The Morgan fingerprint density at radius 1 is 1.44 bits per heavy atom. The topological polar surface area (TPSA) is 84.9 Å². The van der Waals surface area contributed by atoms with Gasteiger partial charge in [0.25, 0.3) is 0 Å². The number of benzene rings is 1. The summed E-state index contributed by atoms with van der Waals surface area (Å²) >= 11 is 5.86. The van der Waals surface area contributed by atoms with Gasteiger partial charge in [0.05, 0.1) is 24.4 Å². The van der Waals surface area contributed by atoms with Crippen LogP contribution < -0.4 is 10.1 Å². The number of anilines is 1. The van der Waals surface area contributed by atoms with E-state index in [1.807, 2.05) is 0 Å². The molecule has 1 amide bonds. The number of rotatable bonds is 4. The van der Waals surface area contributed by atoms with E-state index in [2.05, 4.69) is 10.1 Å². The van der Waals surface area contributed by atoms with Crippen LogP contribution in [0.1, 0.15) is 17.3 Å². The molecule has 0 aliphatic carbocycles. The minimum atomic E-state index is -1.17. The molecule has 18 heavy (non-hydrogen) atoms. The molecular weight excluding hydrogens is 262 g/mol. The lowest BCUT2D eigenvalue weighted by Crippen LogP contribution is -2.14. The number of carboxylic acids is 1. The molecule has 6 nitrogen and oxygen atoms in total. The van der Waals surface area contributed by atoms with Crippen molar-refractivity contribution in [3.63, 3.8) is 0 Å². The number of carbonyl (C=O) groups excluding carboxylic acids is 1. The highest BCUT2D eigenvalue weighted by atomic mass is 35.5. The van der Waals surface area contributed by atoms with Gasteiger partial charge in [-0.1, -0.05) is 11.6 Å². The molecule has 98 valence electrons. The Morgan fingerprint density at radius 3 is 2.61 bits per heavy atom. The minimum Gasteiger partial charge on any atom is -0.496 e. The van der Waals surface area contributed by atoms with Crippen LogP contribution >= 0.6 is 11.6 Å². The predicted molar refractivity (Wildman–Crippen MR) is 65.6 cm³/mol. The number of hydrogen-bond donors (Lipinski definition) is 2. The van der Waals surface area contributed by atoms with Crippen molar-refractivity contribution in [2.24, 2.45) is 0 Å². The molecule has 0 fully saturated rings. The zero-order chi connectivity index (χ0) is 13.7. The second-order valence-electron chi connectivity index (χ2n) is 3.18. The van der Waals surface area contributed by atoms with Crippen molar-refractivity contribution in [1.29, 1.82) is 0 Å². The summed E-state index contributed by atoms with van der Waals surface area (Å²) in [6, 6.07) is 2.52. The van der Waals surface area contributed by atoms with Crippen LogP contribution in [0.5, 0.6) is 5.75 Å². The third-order valence-corrected chi connectivity index (χ3v) is 2.34. The summed E-state index contributed by atoms with van der Waals surface area (Å²) in [5, 5.41) is 11.4. The summed E-state index contributed by atoms with van der Waals surface area (Å²) in [6.45, 7) is 1.88. The van der Waals surface area contributed by atoms with Crippen molar-refractivity contribution < 1.29 is 24.2 Å². The van der Waals surface area contributed by atoms with Crippen molar-refractivity contribution in [3.05, 3.63) is 22.7 Å². The molecule has 0 aliphatic rings. The molecule has 1 rings (SSSR count). The van der Waals surface area contributed by atoms with Gasteiger partial charge >= 0.3 is 12.1 Å². The molecule has 0 heterocycles. The third kappa shape index (κ3) is 3.27. The number of halogens is 1. The number of methoxy groups -OCH3 is 1. The molecule has 1 aromatic rings. The normalized spacial score (nSPS) is 9.72. The van der Waals surface area contributed by atoms with E-state index in [0.29, 0.717) is 0 Å². The molecule has 2 N–H and O–H groups in total. The van der Waals surface area contributed by atoms with Gasteiger partial charge in [0.15, 0.2) is 0 Å². The predicted octanol–water partition coefficient (Wildman–Crippen LogP) is 2.62. The maximum absolute atomic E-state index is 11.2. The number of aromatic carboxylic acids is 1. The Balaban J connectivity index is 3.07. The van der Waals surface area contributed by atoms with Crippen molar-refractivity contribution >= 4 is 29.4 Å². The lowest BCUT2D eigenvalue weighted by atomic mass is 10.2. The summed E-state index contributed by atoms with van der Waals surface area (Å²) in [5.41, 5.74) is 0.133. The monoisotopic (exact) mass is 273 g/mol. The standard InChI is InChI=1S/C11H12ClNO5/c1-3-18-11(16)13-8-5-9(17-2)6(10(14)15)4-7(8)12/h4-5H,3H2,1-2H3,(H,13,16)(H,14,15). The quantitative estimate of drug-likeness (QED) is 0.881. The van der Waals surface area contributed by atoms with Crippen LogP contribution in [0.25, 0.3) is 0 Å². The number of hydrogen-bond acceptors (Lipinski definition) is 4. The Labute approximate surface area is 108 Å². The summed E-state index contributed by atoms with van der Waals surface area (Å²) in [5.74, 6) is -1.07. The van der Waals surface area contributed by atoms with Gasteiger partial charge in [0, 0.05) is 6.07 Å². The van der Waals surface area contributed by atoms with Gasteiger partial charge < -0.3 is 14.6 Å². The molecule has 0 saturated heterocycles. The largest absolute Gasteiger partial charge is 0.496 e. The van der Waals surface area contributed by atoms with Gasteiger partial charge in [-0.15, -0.1) is 0 Å². The summed E-state index contributed by atoms with van der Waals surface area (Å²) in [4.78, 5) is 22.2. The second-order valence-corrected chi connectivity index (χ2v) is 3.59. The van der Waals surface area contributed by atoms with Crippen molar-refractivity contribution in [2.75, 3.05) is 19.0 Å². The summed E-state index contributed by atoms with van der Waals surface area (Å²) < 4.78 is 9.60. The third-order valence-electron chi connectivity index (χ3n) is 2.03. The van der Waals surface area contributed by atoms with Gasteiger partial charge in [-0.3, -0.25) is 5.32 Å². The number of nitrogens with one attached hydrogen (secondary N) is 1. The maximum Gasteiger partial charge on any atom is 0.411 e. The molecule has 0 aliphatic heterocycles. The van der Waals surface area contributed by atoms with Gasteiger partial charge in [0.1, 0.15) is 11.3 Å². The highest BCUT2D eigenvalue weighted by Gasteiger charge is 2.16. The zero-order valence-electron chi connectivity index (χ0n) is 9.82. The smallest absolute Gasteiger partial charge is 0.411 e. The van der Waals surface area contributed by atoms with E-state index in [-0.39, 0.29) is 28.6 Å². The average molecular weight is 274 g/mol. The van der Waals surface area contributed by atoms with Crippen molar-refractivity contribution in [3.8, 4) is 5.75 Å². The van der Waals surface area contributed by atoms with E-state index < -0.39 is 12.1 Å². The molecule has 0 saturated carbocycles. The van der Waals surface area contributed by atoms with Gasteiger partial charge in [-0.25, -0.2) is 9.59 Å². The SMILES string of the molecule is CCOC(=O)Nc1cc(OC)c(C(=O)O)cc1Cl. The average Bonchev–Trinajstić information content (AvgIpc) is 2.31. The first-order valence-electron chi connectivity index (χ1n) is 5.04. The Morgan fingerprint density at radius 2 is 2.11 bits per heavy atom. The maximum atomic E-state index is 11.2. The first kappa shape index (κ1) is 14.1. The molecule has 0 radical (unpaired) electrons. The van der Waals surface area contributed by atoms with Crippen LogP contribution in [-0.4, -0.2) is 30.9 Å². The van der Waals surface area contributed by atoms with Gasteiger partial charge in [0.2, 0.25) is 0 Å². The molecule has 1 aromatic carbocycles. The minimum absolute atomic E-state index is 0.0845. The zero-order valence-corrected chi connectivity index (χ0v) is 10.6. The van der Waals surface area contributed by atoms with Crippen LogP contribution in [0.2, 0.25) is 5.02 Å². The van der Waals surface area contributed by atoms with Gasteiger partial charge in [-0.05, 0) is 13.0 Å². The fourth-order valence-electron chi connectivity index (χ4n) is 1.26. The van der Waals surface area contributed by atoms with E-state index in [0.717, 1.165) is 0 Å². The highest BCUT2D eigenvalue weighted by molar-refractivity contribution is 6.34. The number of carbonyl (C=O) groups is 2. The van der Waals surface area contributed by atoms with Crippen LogP contribution in [0, 0.1) is 0 Å². The highest BCUT2D eigenvalue weighted by Crippen LogP contribution is 2.31. The lowest BCUT2D eigenvalue weighted by Gasteiger charge is -2.11. The molecule has 0 bridgehead atoms. The molecule has 0 aromatic heterocycles. The molecular formula is C11H12ClNO5. The van der Waals surface area contributed by atoms with E-state index in [4.69, 9.17) is 21.4 Å². The summed E-state index contributed by atoms with van der Waals surface area (Å²) in [6.07, 6.45) is -0.676. The molecule has 0 unspecified atom stereocenters. The first-order chi connectivity index (χ1) is 8.49. The number of ether oxygens (including phenoxy) is 2. The fraction of sp³-hybridized carbons (Fsp3) is 0.273. The van der Waals surface area contributed by atoms with Crippen molar-refractivity contribution in [1.82, 2.24) is 0 Å². The lowest BCUT2D eigenvalue weighted by molar-refractivity contribution is 0.0693. The Kier molecular flexibility index (Phi) is 4.79. The van der Waals surface area contributed by atoms with Crippen LogP contribution in [0.4, 0.5) is 10.5 Å². The first-order valence-corrected chi connectivity index (χ1v) is 5.42. The van der Waals surface area contributed by atoms with E-state index in [1.165, 1.54) is 19.2 Å². The molecule has 7 heteroatoms. The van der Waals surface area contributed by atoms with Crippen molar-refractivity contribution in [2.45, 2.75) is 6.92 Å². The number of carboxylic acid groups (broad SMARTS) is 1. The van der Waals surface area contributed by atoms with Crippen LogP contribution in [0.3, 0.4) is 0 Å². The molecule has 0 spiro atoms. The van der Waals surface area contributed by atoms with Crippen LogP contribution in [0.15, 0.2) is 12.1 Å². The van der Waals surface area contributed by atoms with E-state index >= 15 is 0 Å². The number of amides is 1. The van der Waals surface area contributed by atoms with E-state index in [9.17, 15) is 9.59 Å². The van der Waals surface area contributed by atoms with E-state index in [1.54, 1.807) is 6.92 Å². The van der Waals surface area contributed by atoms with Gasteiger partial charge in [-0.2, -0.15) is 0 Å². The molecule has 0 atom stereocenters. The summed E-state index contributed by atoms with van der Waals surface area (Å²) in [7, 11) is 1.32. The van der Waals surface area contributed by atoms with Crippen LogP contribution in [-0.2, 0) is 4.74 Å². The second kappa shape index (κ2) is 6.11. The fourth-order valence-corrected chi connectivity index (χ4v) is 1.47.